The van der Waals surface area contributed by atoms with E-state index in [1.54, 1.807) is 0 Å². The van der Waals surface area contributed by atoms with Gasteiger partial charge in [0.15, 0.2) is 17.3 Å². The van der Waals surface area contributed by atoms with Crippen LogP contribution >= 0.6 is 11.8 Å². The zero-order chi connectivity index (χ0) is 24.0. The van der Waals surface area contributed by atoms with Crippen molar-refractivity contribution in [3.63, 3.8) is 0 Å². The number of nitrogens with two attached hydrogens (primary N) is 1. The average Bonchev–Trinajstić information content (AvgIpc) is 2.82. The number of thioether (sulfide) groups is 1. The van der Waals surface area contributed by atoms with Crippen LogP contribution in [0.25, 0.3) is 0 Å². The lowest BCUT2D eigenvalue weighted by molar-refractivity contribution is -0.137. The lowest BCUT2D eigenvalue weighted by atomic mass is 10.2. The summed E-state index contributed by atoms with van der Waals surface area (Å²) < 4.78 is 54.1. The van der Waals surface area contributed by atoms with Gasteiger partial charge in [-0.05, 0) is 17.7 Å². The molecule has 0 saturated heterocycles. The number of rotatable bonds is 9. The number of nitrogens with zero attached hydrogens (tertiary/aromatic N) is 2. The van der Waals surface area contributed by atoms with Crippen LogP contribution in [0.2, 0.25) is 0 Å². The van der Waals surface area contributed by atoms with E-state index in [9.17, 15) is 18.0 Å². The molecule has 1 atom stereocenters. The van der Waals surface area contributed by atoms with E-state index in [-0.39, 0.29) is 23.7 Å². The zero-order valence-electron chi connectivity index (χ0n) is 16.8. The van der Waals surface area contributed by atoms with Crippen molar-refractivity contribution in [2.24, 2.45) is 5.73 Å². The monoisotopic (exact) mass is 475 g/mol. The molecule has 3 N–H and O–H groups in total. The Morgan fingerprint density at radius 2 is 1.88 bits per heavy atom. The van der Waals surface area contributed by atoms with Crippen LogP contribution in [0.1, 0.15) is 11.1 Å². The summed E-state index contributed by atoms with van der Waals surface area (Å²) in [5.74, 6) is -7.39. The summed E-state index contributed by atoms with van der Waals surface area (Å²) in [6.07, 6.45) is 0. The van der Waals surface area contributed by atoms with Crippen LogP contribution in [0.4, 0.5) is 13.2 Å². The summed E-state index contributed by atoms with van der Waals surface area (Å²) in [4.78, 5) is 13.2. The number of halogens is 3. The highest BCUT2D eigenvalue weighted by Gasteiger charge is 2.25. The quantitative estimate of drug-likeness (QED) is 0.348. The minimum absolute atomic E-state index is 0.103. The van der Waals surface area contributed by atoms with E-state index in [4.69, 9.17) is 25.6 Å². The summed E-state index contributed by atoms with van der Waals surface area (Å²) in [5, 5.41) is 18.0. The van der Waals surface area contributed by atoms with Crippen LogP contribution in [0.15, 0.2) is 53.4 Å². The lowest BCUT2D eigenvalue weighted by Crippen LogP contribution is -2.32. The fraction of sp³-hybridized carbons (Fsp3) is 0.136. The molecule has 0 bridgehead atoms. The molecular formula is C22H16F3N3O4S. The fourth-order valence-corrected chi connectivity index (χ4v) is 3.44. The van der Waals surface area contributed by atoms with Crippen molar-refractivity contribution in [3.05, 3.63) is 77.2 Å². The first-order valence-corrected chi connectivity index (χ1v) is 10.3. The SMILES string of the molecule is N#Cc1ccc(OCc2ccccc2)c(Oc2nc(F)c(F)c(SCC(N)C(=O)O)c2F)c1. The Hall–Kier alpha value is -3.75. The maximum atomic E-state index is 14.9. The molecule has 3 rings (SSSR count). The Bertz CT molecular complexity index is 1210. The van der Waals surface area contributed by atoms with Gasteiger partial charge in [0.2, 0.25) is 5.82 Å². The molecule has 1 aromatic heterocycles. The van der Waals surface area contributed by atoms with Crippen molar-refractivity contribution in [2.75, 3.05) is 5.75 Å². The molecule has 0 saturated carbocycles. The number of aromatic nitrogens is 1. The van der Waals surface area contributed by atoms with Crippen LogP contribution in [-0.4, -0.2) is 27.9 Å². The molecule has 0 radical (unpaired) electrons. The number of hydrogen-bond donors (Lipinski definition) is 2. The molecule has 0 amide bonds. The van der Waals surface area contributed by atoms with Gasteiger partial charge in [-0.25, -0.2) is 4.39 Å². The fourth-order valence-electron chi connectivity index (χ4n) is 2.53. The normalized spacial score (nSPS) is 11.5. The third-order valence-electron chi connectivity index (χ3n) is 4.21. The van der Waals surface area contributed by atoms with Crippen molar-refractivity contribution in [3.8, 4) is 23.4 Å². The molecule has 1 unspecified atom stereocenters. The smallest absolute Gasteiger partial charge is 0.321 e. The summed E-state index contributed by atoms with van der Waals surface area (Å²) >= 11 is 0.369. The molecule has 2 aromatic carbocycles. The van der Waals surface area contributed by atoms with Crippen LogP contribution in [0, 0.1) is 28.9 Å². The van der Waals surface area contributed by atoms with E-state index < -0.39 is 46.1 Å². The van der Waals surface area contributed by atoms with Gasteiger partial charge in [0, 0.05) is 11.8 Å². The molecule has 0 aliphatic carbocycles. The Kier molecular flexibility index (Phi) is 7.76. The van der Waals surface area contributed by atoms with Gasteiger partial charge in [0.05, 0.1) is 16.5 Å². The first-order valence-electron chi connectivity index (χ1n) is 9.34. The van der Waals surface area contributed by atoms with E-state index in [1.165, 1.54) is 18.2 Å². The van der Waals surface area contributed by atoms with Crippen molar-refractivity contribution >= 4 is 17.7 Å². The highest BCUT2D eigenvalue weighted by Crippen LogP contribution is 2.37. The highest BCUT2D eigenvalue weighted by molar-refractivity contribution is 7.99. The maximum Gasteiger partial charge on any atom is 0.321 e. The van der Waals surface area contributed by atoms with Gasteiger partial charge >= 0.3 is 5.97 Å². The molecule has 33 heavy (non-hydrogen) atoms. The number of nitriles is 1. The number of pyridine rings is 1. The zero-order valence-corrected chi connectivity index (χ0v) is 17.6. The average molecular weight is 475 g/mol. The maximum absolute atomic E-state index is 14.9. The number of ether oxygens (including phenoxy) is 2. The second-order valence-corrected chi connectivity index (χ2v) is 7.60. The van der Waals surface area contributed by atoms with E-state index in [2.05, 4.69) is 4.98 Å². The van der Waals surface area contributed by atoms with Crippen LogP contribution in [0.5, 0.6) is 17.4 Å². The van der Waals surface area contributed by atoms with Crippen molar-refractivity contribution in [1.82, 2.24) is 4.98 Å². The standard InChI is InChI=1S/C22H16F3N3O4S/c23-17-19(33-11-14(27)22(29)30)18(24)21(28-20(17)25)32-16-8-13(9-26)6-7-15(16)31-10-12-4-2-1-3-5-12/h1-8,14H,10-11,27H2,(H,29,30). The van der Waals surface area contributed by atoms with E-state index >= 15 is 0 Å². The van der Waals surface area contributed by atoms with Crippen molar-refractivity contribution < 1.29 is 32.5 Å². The number of benzene rings is 2. The number of carboxylic acid groups (broad SMARTS) is 1. The Labute approximate surface area is 190 Å². The summed E-state index contributed by atoms with van der Waals surface area (Å²) in [6, 6.07) is 13.6. The van der Waals surface area contributed by atoms with Gasteiger partial charge in [-0.3, -0.25) is 4.79 Å². The molecule has 0 aliphatic heterocycles. The van der Waals surface area contributed by atoms with Crippen LogP contribution in [-0.2, 0) is 11.4 Å². The molecule has 0 spiro atoms. The Balaban J connectivity index is 1.91. The largest absolute Gasteiger partial charge is 0.485 e. The summed E-state index contributed by atoms with van der Waals surface area (Å²) in [6.45, 7) is 0.116. The molecule has 170 valence electrons. The van der Waals surface area contributed by atoms with Gasteiger partial charge in [0.1, 0.15) is 12.6 Å². The third kappa shape index (κ3) is 5.94. The molecule has 3 aromatic rings. The summed E-state index contributed by atoms with van der Waals surface area (Å²) in [5.41, 5.74) is 6.30. The number of carboxylic acids is 1. The van der Waals surface area contributed by atoms with Gasteiger partial charge in [-0.15, -0.1) is 11.8 Å². The van der Waals surface area contributed by atoms with E-state index in [0.717, 1.165) is 5.56 Å². The highest BCUT2D eigenvalue weighted by atomic mass is 32.2. The summed E-state index contributed by atoms with van der Waals surface area (Å²) in [7, 11) is 0. The minimum atomic E-state index is -1.65. The van der Waals surface area contributed by atoms with E-state index in [1.807, 2.05) is 36.4 Å². The predicted molar refractivity (Wildman–Crippen MR) is 112 cm³/mol. The Morgan fingerprint density at radius 3 is 2.55 bits per heavy atom. The van der Waals surface area contributed by atoms with Gasteiger partial charge < -0.3 is 20.3 Å². The second-order valence-electron chi connectivity index (χ2n) is 6.57. The first kappa shape index (κ1) is 23.9. The number of aliphatic carboxylic acids is 1. The lowest BCUT2D eigenvalue weighted by Gasteiger charge is -2.14. The van der Waals surface area contributed by atoms with Gasteiger partial charge in [0.25, 0.3) is 11.8 Å². The molecular weight excluding hydrogens is 459 g/mol. The van der Waals surface area contributed by atoms with E-state index in [0.29, 0.717) is 11.8 Å². The third-order valence-corrected chi connectivity index (χ3v) is 5.38. The second kappa shape index (κ2) is 10.7. The van der Waals surface area contributed by atoms with Gasteiger partial charge in [-0.2, -0.15) is 19.0 Å². The minimum Gasteiger partial charge on any atom is -0.485 e. The first-order chi connectivity index (χ1) is 15.8. The molecule has 7 nitrogen and oxygen atoms in total. The topological polar surface area (TPSA) is 118 Å². The number of carbonyl (C=O) groups is 1. The Morgan fingerprint density at radius 1 is 1.15 bits per heavy atom. The van der Waals surface area contributed by atoms with Crippen molar-refractivity contribution in [2.45, 2.75) is 17.5 Å². The van der Waals surface area contributed by atoms with Crippen LogP contribution in [0.3, 0.4) is 0 Å². The number of hydrogen-bond acceptors (Lipinski definition) is 7. The molecule has 0 aliphatic rings. The molecule has 1 heterocycles. The molecule has 11 heteroatoms. The van der Waals surface area contributed by atoms with Crippen molar-refractivity contribution in [1.29, 1.82) is 5.26 Å². The van der Waals surface area contributed by atoms with Crippen LogP contribution < -0.4 is 15.2 Å². The molecule has 0 fully saturated rings. The predicted octanol–water partition coefficient (Wildman–Crippen LogP) is 4.25. The van der Waals surface area contributed by atoms with Gasteiger partial charge in [-0.1, -0.05) is 30.3 Å².